The highest BCUT2D eigenvalue weighted by atomic mass is 31.2. The molecule has 0 aliphatic heterocycles. The summed E-state index contributed by atoms with van der Waals surface area (Å²) in [7, 11) is -3.41. The topological polar surface area (TPSA) is 123 Å². The van der Waals surface area contributed by atoms with Gasteiger partial charge in [-0.1, -0.05) is 5.11 Å². The van der Waals surface area contributed by atoms with Crippen molar-refractivity contribution in [3.05, 3.63) is 10.4 Å². The van der Waals surface area contributed by atoms with Gasteiger partial charge < -0.3 is 23.6 Å². The van der Waals surface area contributed by atoms with Crippen LogP contribution < -0.4 is 0 Å². The lowest BCUT2D eigenvalue weighted by Gasteiger charge is -2.08. The van der Waals surface area contributed by atoms with Gasteiger partial charge in [-0.3, -0.25) is 4.57 Å². The molecule has 0 saturated heterocycles. The van der Waals surface area contributed by atoms with E-state index in [4.69, 9.17) is 24.6 Å². The van der Waals surface area contributed by atoms with E-state index in [-0.39, 0.29) is 13.2 Å². The van der Waals surface area contributed by atoms with Gasteiger partial charge in [0.25, 0.3) is 0 Å². The summed E-state index contributed by atoms with van der Waals surface area (Å²) in [4.78, 5) is 11.4. The Morgan fingerprint density at radius 3 is 2.00 bits per heavy atom. The molecule has 10 heteroatoms. The molecule has 0 fully saturated rings. The van der Waals surface area contributed by atoms with Crippen molar-refractivity contribution in [2.45, 2.75) is 0 Å². The Balaban J connectivity index is 3.07. The molecule has 0 rings (SSSR count). The molecule has 19 heavy (non-hydrogen) atoms. The first-order chi connectivity index (χ1) is 9.06. The van der Waals surface area contributed by atoms with E-state index in [1.54, 1.807) is 0 Å². The summed E-state index contributed by atoms with van der Waals surface area (Å²) >= 11 is 0. The Morgan fingerprint density at radius 1 is 1.05 bits per heavy atom. The van der Waals surface area contributed by atoms with E-state index in [1.165, 1.54) is 0 Å². The molecular formula is C9H20N3O6P. The van der Waals surface area contributed by atoms with Crippen molar-refractivity contribution in [3.63, 3.8) is 0 Å². The first-order valence-electron chi connectivity index (χ1n) is 5.75. The van der Waals surface area contributed by atoms with Gasteiger partial charge in [-0.2, -0.15) is 0 Å². The molecule has 0 spiro atoms. The third-order valence-electron chi connectivity index (χ3n) is 1.70. The molecule has 9 nitrogen and oxygen atoms in total. The third-order valence-corrected chi connectivity index (χ3v) is 2.36. The Labute approximate surface area is 112 Å². The molecule has 0 aromatic heterocycles. The van der Waals surface area contributed by atoms with Crippen molar-refractivity contribution in [1.29, 1.82) is 0 Å². The van der Waals surface area contributed by atoms with E-state index < -0.39 is 7.60 Å². The Kier molecular flexibility index (Phi) is 11.9. The fraction of sp³-hybridized carbons (Fsp3) is 1.00. The zero-order valence-electron chi connectivity index (χ0n) is 10.9. The van der Waals surface area contributed by atoms with Crippen LogP contribution in [-0.4, -0.2) is 64.4 Å². The van der Waals surface area contributed by atoms with E-state index in [2.05, 4.69) is 14.5 Å². The molecule has 1 atom stereocenters. The van der Waals surface area contributed by atoms with E-state index in [0.717, 1.165) is 6.66 Å². The van der Waals surface area contributed by atoms with E-state index in [1.807, 2.05) is 0 Å². The minimum absolute atomic E-state index is 0.0762. The van der Waals surface area contributed by atoms with Crippen LogP contribution in [-0.2, 0) is 23.3 Å². The van der Waals surface area contributed by atoms with Crippen molar-refractivity contribution >= 4 is 7.60 Å². The molecule has 0 bridgehead atoms. The first kappa shape index (κ1) is 18.3. The van der Waals surface area contributed by atoms with Gasteiger partial charge in [-0.15, -0.1) is 0 Å². The fourth-order valence-corrected chi connectivity index (χ4v) is 1.37. The van der Waals surface area contributed by atoms with Crippen molar-refractivity contribution < 1.29 is 28.2 Å². The van der Waals surface area contributed by atoms with Crippen LogP contribution in [0.4, 0.5) is 0 Å². The smallest absolute Gasteiger partial charge is 0.325 e. The van der Waals surface area contributed by atoms with Crippen LogP contribution in [0.15, 0.2) is 5.11 Å². The van der Waals surface area contributed by atoms with E-state index in [9.17, 15) is 4.57 Å². The summed E-state index contributed by atoms with van der Waals surface area (Å²) in [5.74, 6) is 0. The molecule has 0 aliphatic rings. The number of hydrogen-bond donors (Lipinski definition) is 1. The molecule has 1 N–H and O–H groups in total. The predicted molar refractivity (Wildman–Crippen MR) is 68.2 cm³/mol. The molecule has 0 aromatic rings. The van der Waals surface area contributed by atoms with Gasteiger partial charge in [-0.05, 0) is 5.53 Å². The van der Waals surface area contributed by atoms with E-state index >= 15 is 0 Å². The van der Waals surface area contributed by atoms with Gasteiger partial charge >= 0.3 is 7.60 Å². The van der Waals surface area contributed by atoms with Gasteiger partial charge in [0.1, 0.15) is 0 Å². The molecule has 0 aromatic carbocycles. The molecule has 0 radical (unpaired) electrons. The summed E-state index contributed by atoms with van der Waals surface area (Å²) in [6, 6.07) is 0. The number of nitrogens with zero attached hydrogens (tertiary/aromatic N) is 3. The van der Waals surface area contributed by atoms with Crippen molar-refractivity contribution in [2.24, 2.45) is 5.11 Å². The molecule has 0 aliphatic carbocycles. The SMILES string of the molecule is CP(=O)(O)OCCOCCOCCOCCN=[N+]=[N-]. The van der Waals surface area contributed by atoms with Crippen LogP contribution in [0.1, 0.15) is 0 Å². The maximum absolute atomic E-state index is 10.7. The zero-order chi connectivity index (χ0) is 14.4. The first-order valence-corrected chi connectivity index (χ1v) is 7.77. The highest BCUT2D eigenvalue weighted by Gasteiger charge is 2.08. The average Bonchev–Trinajstić information content (AvgIpc) is 2.34. The predicted octanol–water partition coefficient (Wildman–Crippen LogP) is 1.18. The van der Waals surface area contributed by atoms with Gasteiger partial charge in [-0.25, -0.2) is 0 Å². The maximum Gasteiger partial charge on any atom is 0.325 e. The second-order valence-corrected chi connectivity index (χ2v) is 5.29. The Morgan fingerprint density at radius 2 is 1.53 bits per heavy atom. The fourth-order valence-electron chi connectivity index (χ4n) is 0.958. The number of ether oxygens (including phenoxy) is 3. The Bertz CT molecular complexity index is 304. The summed E-state index contributed by atoms with van der Waals surface area (Å²) in [6.07, 6.45) is 0. The van der Waals surface area contributed by atoms with E-state index in [0.29, 0.717) is 39.6 Å². The van der Waals surface area contributed by atoms with Crippen molar-refractivity contribution in [2.75, 3.05) is 59.5 Å². The van der Waals surface area contributed by atoms with Crippen molar-refractivity contribution in [1.82, 2.24) is 0 Å². The quantitative estimate of drug-likeness (QED) is 0.179. The summed E-state index contributed by atoms with van der Waals surface area (Å²) < 4.78 is 30.7. The molecule has 0 saturated carbocycles. The maximum atomic E-state index is 10.7. The second kappa shape index (κ2) is 12.4. The lowest BCUT2D eigenvalue weighted by atomic mass is 10.7. The van der Waals surface area contributed by atoms with Gasteiger partial charge in [0.2, 0.25) is 0 Å². The van der Waals surface area contributed by atoms with Crippen LogP contribution >= 0.6 is 7.60 Å². The molecular weight excluding hydrogens is 277 g/mol. The zero-order valence-corrected chi connectivity index (χ0v) is 11.8. The minimum Gasteiger partial charge on any atom is -0.379 e. The van der Waals surface area contributed by atoms with Gasteiger partial charge in [0, 0.05) is 18.1 Å². The van der Waals surface area contributed by atoms with Crippen LogP contribution in [0.3, 0.4) is 0 Å². The van der Waals surface area contributed by atoms with Crippen LogP contribution in [0.5, 0.6) is 0 Å². The lowest BCUT2D eigenvalue weighted by molar-refractivity contribution is 0.0101. The lowest BCUT2D eigenvalue weighted by Crippen LogP contribution is -2.12. The standard InChI is InChI=1S/C9H20N3O6P/c1-19(13,14)18-9-8-17-7-6-16-5-4-15-3-2-11-12-10/h2-9H2,1H3,(H,13,14). The van der Waals surface area contributed by atoms with Crippen LogP contribution in [0.2, 0.25) is 0 Å². The average molecular weight is 297 g/mol. The molecule has 112 valence electrons. The van der Waals surface area contributed by atoms with Crippen LogP contribution in [0, 0.1) is 0 Å². The van der Waals surface area contributed by atoms with Crippen molar-refractivity contribution in [3.8, 4) is 0 Å². The molecule has 0 amide bonds. The third kappa shape index (κ3) is 17.3. The van der Waals surface area contributed by atoms with Gasteiger partial charge in [0.05, 0.1) is 46.2 Å². The largest absolute Gasteiger partial charge is 0.379 e. The second-order valence-electron chi connectivity index (χ2n) is 3.43. The summed E-state index contributed by atoms with van der Waals surface area (Å²) in [5.41, 5.74) is 8.00. The minimum atomic E-state index is -3.41. The highest BCUT2D eigenvalue weighted by molar-refractivity contribution is 7.51. The number of rotatable bonds is 13. The summed E-state index contributed by atoms with van der Waals surface area (Å²) in [5, 5.41) is 3.31. The summed E-state index contributed by atoms with van der Waals surface area (Å²) in [6.45, 7) is 3.76. The molecule has 1 unspecified atom stereocenters. The number of azide groups is 1. The normalized spacial score (nSPS) is 13.8. The molecule has 0 heterocycles. The number of hydrogen-bond acceptors (Lipinski definition) is 6. The highest BCUT2D eigenvalue weighted by Crippen LogP contribution is 2.35. The van der Waals surface area contributed by atoms with Crippen LogP contribution in [0.25, 0.3) is 10.4 Å². The van der Waals surface area contributed by atoms with Gasteiger partial charge in [0.15, 0.2) is 0 Å². The monoisotopic (exact) mass is 297 g/mol. The Hall–Kier alpha value is -0.660.